The second kappa shape index (κ2) is 2.91. The highest BCUT2D eigenvalue weighted by molar-refractivity contribution is 5.36. The predicted molar refractivity (Wildman–Crippen MR) is 48.3 cm³/mol. The van der Waals surface area contributed by atoms with Crippen molar-refractivity contribution in [2.75, 3.05) is 0 Å². The van der Waals surface area contributed by atoms with Crippen molar-refractivity contribution in [1.29, 1.82) is 0 Å². The van der Waals surface area contributed by atoms with E-state index in [4.69, 9.17) is 0 Å². The van der Waals surface area contributed by atoms with Gasteiger partial charge >= 0.3 is 0 Å². The van der Waals surface area contributed by atoms with Crippen LogP contribution in [0.5, 0.6) is 0 Å². The van der Waals surface area contributed by atoms with Crippen molar-refractivity contribution in [3.63, 3.8) is 0 Å². The molecule has 0 fully saturated rings. The highest BCUT2D eigenvalue weighted by Gasteiger charge is 2.01. The Kier molecular flexibility index (Phi) is 1.76. The minimum Gasteiger partial charge on any atom is -0.0805 e. The monoisotopic (exact) mass is 144 g/mol. The van der Waals surface area contributed by atoms with Crippen LogP contribution < -0.4 is 0 Å². The first-order chi connectivity index (χ1) is 5.45. The fourth-order valence-corrected chi connectivity index (χ4v) is 1.51. The summed E-state index contributed by atoms with van der Waals surface area (Å²) >= 11 is 0. The van der Waals surface area contributed by atoms with Gasteiger partial charge in [-0.25, -0.2) is 0 Å². The summed E-state index contributed by atoms with van der Waals surface area (Å²) < 4.78 is 0. The molecule has 0 spiro atoms. The molecule has 0 aliphatic heterocycles. The van der Waals surface area contributed by atoms with E-state index >= 15 is 0 Å². The third-order valence-electron chi connectivity index (χ3n) is 2.10. The zero-order valence-corrected chi connectivity index (χ0v) is 6.59. The maximum absolute atomic E-state index is 2.30. The summed E-state index contributed by atoms with van der Waals surface area (Å²) in [6.45, 7) is 0. The van der Waals surface area contributed by atoms with Gasteiger partial charge in [-0.15, -0.1) is 0 Å². The van der Waals surface area contributed by atoms with Gasteiger partial charge in [0.1, 0.15) is 0 Å². The lowest BCUT2D eigenvalue weighted by Gasteiger charge is -1.97. The van der Waals surface area contributed by atoms with E-state index in [-0.39, 0.29) is 0 Å². The summed E-state index contributed by atoms with van der Waals surface area (Å²) in [6, 6.07) is 0. The van der Waals surface area contributed by atoms with Gasteiger partial charge in [0, 0.05) is 0 Å². The molecule has 0 heteroatoms. The molecule has 11 heavy (non-hydrogen) atoms. The Morgan fingerprint density at radius 3 is 1.82 bits per heavy atom. The first-order valence-corrected chi connectivity index (χ1v) is 4.16. The molecule has 0 aromatic heterocycles. The molecule has 0 nitrogen and oxygen atoms in total. The van der Waals surface area contributed by atoms with Crippen molar-refractivity contribution in [1.82, 2.24) is 0 Å². The average molecular weight is 144 g/mol. The summed E-state index contributed by atoms with van der Waals surface area (Å²) in [4.78, 5) is 0. The van der Waals surface area contributed by atoms with Crippen LogP contribution in [0.2, 0.25) is 0 Å². The first-order valence-electron chi connectivity index (χ1n) is 4.16. The molecule has 0 bridgehead atoms. The van der Waals surface area contributed by atoms with E-state index in [0.29, 0.717) is 0 Å². The van der Waals surface area contributed by atoms with Crippen LogP contribution in [0.4, 0.5) is 0 Å². The maximum Gasteiger partial charge on any atom is -0.00321 e. The number of allylic oxidation sites excluding steroid dienone is 8. The van der Waals surface area contributed by atoms with Crippen LogP contribution in [0.3, 0.4) is 0 Å². The average Bonchev–Trinajstić information content (AvgIpc) is 2.60. The van der Waals surface area contributed by atoms with E-state index in [0.717, 1.165) is 19.3 Å². The van der Waals surface area contributed by atoms with Gasteiger partial charge in [0.25, 0.3) is 0 Å². The fourth-order valence-electron chi connectivity index (χ4n) is 1.51. The molecule has 0 unspecified atom stereocenters. The largest absolute Gasteiger partial charge is 0.0805 e. The summed E-state index contributed by atoms with van der Waals surface area (Å²) in [5, 5.41) is 0. The first kappa shape index (κ1) is 6.66. The normalized spacial score (nSPS) is 20.7. The topological polar surface area (TPSA) is 0 Å². The zero-order chi connectivity index (χ0) is 7.52. The van der Waals surface area contributed by atoms with Crippen LogP contribution in [-0.4, -0.2) is 0 Å². The molecule has 0 radical (unpaired) electrons. The van der Waals surface area contributed by atoms with Crippen LogP contribution in [0.25, 0.3) is 0 Å². The lowest BCUT2D eigenvalue weighted by molar-refractivity contribution is 1.21. The van der Waals surface area contributed by atoms with E-state index < -0.39 is 0 Å². The number of hydrogen-bond donors (Lipinski definition) is 0. The van der Waals surface area contributed by atoms with Gasteiger partial charge in [-0.3, -0.25) is 0 Å². The minimum absolute atomic E-state index is 1.13. The van der Waals surface area contributed by atoms with Crippen molar-refractivity contribution in [3.8, 4) is 0 Å². The van der Waals surface area contributed by atoms with Gasteiger partial charge in [0.15, 0.2) is 0 Å². The van der Waals surface area contributed by atoms with Crippen LogP contribution in [0.1, 0.15) is 19.3 Å². The third kappa shape index (κ3) is 1.51. The molecule has 0 saturated heterocycles. The standard InChI is InChI=1S/C11H12/c1-2-6-10(5-1)9-11-7-3-4-8-11/h1,3,5-8H,2,4,9H2. The van der Waals surface area contributed by atoms with Gasteiger partial charge < -0.3 is 0 Å². The third-order valence-corrected chi connectivity index (χ3v) is 2.10. The molecule has 2 rings (SSSR count). The molecular weight excluding hydrogens is 132 g/mol. The zero-order valence-electron chi connectivity index (χ0n) is 6.59. The molecule has 2 aliphatic carbocycles. The van der Waals surface area contributed by atoms with Gasteiger partial charge in [0.2, 0.25) is 0 Å². The summed E-state index contributed by atoms with van der Waals surface area (Å²) in [5.74, 6) is 0. The summed E-state index contributed by atoms with van der Waals surface area (Å²) in [5.41, 5.74) is 2.95. The van der Waals surface area contributed by atoms with Crippen molar-refractivity contribution >= 4 is 0 Å². The smallest absolute Gasteiger partial charge is 0.00321 e. The van der Waals surface area contributed by atoms with E-state index in [1.807, 2.05) is 0 Å². The molecule has 0 heterocycles. The number of rotatable bonds is 2. The molecule has 0 atom stereocenters. The van der Waals surface area contributed by atoms with Crippen molar-refractivity contribution in [3.05, 3.63) is 47.6 Å². The van der Waals surface area contributed by atoms with Gasteiger partial charge in [-0.2, -0.15) is 0 Å². The van der Waals surface area contributed by atoms with E-state index in [1.54, 1.807) is 0 Å². The van der Waals surface area contributed by atoms with E-state index in [9.17, 15) is 0 Å². The Morgan fingerprint density at radius 2 is 1.45 bits per heavy atom. The Balaban J connectivity index is 1.99. The molecule has 2 aliphatic rings. The number of hydrogen-bond acceptors (Lipinski definition) is 0. The summed E-state index contributed by atoms with van der Waals surface area (Å²) in [6.07, 6.45) is 16.9. The SMILES string of the molecule is C1=CC(CC2=CCC=C2)=CC1. The van der Waals surface area contributed by atoms with Crippen LogP contribution in [-0.2, 0) is 0 Å². The van der Waals surface area contributed by atoms with Crippen molar-refractivity contribution < 1.29 is 0 Å². The van der Waals surface area contributed by atoms with Gasteiger partial charge in [-0.1, -0.05) is 36.5 Å². The van der Waals surface area contributed by atoms with Crippen molar-refractivity contribution in [2.24, 2.45) is 0 Å². The van der Waals surface area contributed by atoms with Crippen LogP contribution in [0, 0.1) is 0 Å². The fraction of sp³-hybridized carbons (Fsp3) is 0.273. The van der Waals surface area contributed by atoms with Crippen LogP contribution >= 0.6 is 0 Å². The van der Waals surface area contributed by atoms with E-state index in [2.05, 4.69) is 36.5 Å². The van der Waals surface area contributed by atoms with Gasteiger partial charge in [-0.05, 0) is 30.4 Å². The van der Waals surface area contributed by atoms with Crippen molar-refractivity contribution in [2.45, 2.75) is 19.3 Å². The lowest BCUT2D eigenvalue weighted by atomic mass is 10.1. The molecule has 0 aromatic carbocycles. The second-order valence-electron chi connectivity index (χ2n) is 3.01. The molecule has 0 amide bonds. The molecular formula is C11H12. The highest BCUT2D eigenvalue weighted by Crippen LogP contribution is 2.21. The van der Waals surface area contributed by atoms with Gasteiger partial charge in [0.05, 0.1) is 0 Å². The summed E-state index contributed by atoms with van der Waals surface area (Å²) in [7, 11) is 0. The Hall–Kier alpha value is -1.04. The molecule has 0 aromatic rings. The highest BCUT2D eigenvalue weighted by atomic mass is 14.1. The predicted octanol–water partition coefficient (Wildman–Crippen LogP) is 3.15. The minimum atomic E-state index is 1.13. The molecule has 0 N–H and O–H groups in total. The maximum atomic E-state index is 2.30. The quantitative estimate of drug-likeness (QED) is 0.558. The Morgan fingerprint density at radius 1 is 0.909 bits per heavy atom. The Bertz CT molecular complexity index is 234. The molecule has 0 saturated carbocycles. The van der Waals surface area contributed by atoms with Crippen LogP contribution in [0.15, 0.2) is 47.6 Å². The van der Waals surface area contributed by atoms with E-state index in [1.165, 1.54) is 11.1 Å². The lowest BCUT2D eigenvalue weighted by Crippen LogP contribution is -1.77. The Labute approximate surface area is 67.6 Å². The molecule has 56 valence electrons. The second-order valence-corrected chi connectivity index (χ2v) is 3.01.